The smallest absolute Gasteiger partial charge is 0.337 e. The van der Waals surface area contributed by atoms with Crippen molar-refractivity contribution in [2.45, 2.75) is 39.3 Å². The van der Waals surface area contributed by atoms with Gasteiger partial charge in [0.15, 0.2) is 0 Å². The molecule has 26 heavy (non-hydrogen) atoms. The minimum atomic E-state index is -1.15. The Morgan fingerprint density at radius 2 is 1.96 bits per heavy atom. The summed E-state index contributed by atoms with van der Waals surface area (Å²) in [5.41, 5.74) is 1.70. The molecule has 0 amide bonds. The number of nitrogens with zero attached hydrogens (tertiary/aromatic N) is 3. The first-order valence-corrected chi connectivity index (χ1v) is 12.2. The third-order valence-electron chi connectivity index (χ3n) is 4.06. The first-order valence-electron chi connectivity index (χ1n) is 8.54. The zero-order valence-electron chi connectivity index (χ0n) is 16.3. The average molecular weight is 378 g/mol. The fourth-order valence-electron chi connectivity index (χ4n) is 2.46. The van der Waals surface area contributed by atoms with Crippen LogP contribution >= 0.6 is 0 Å². The van der Waals surface area contributed by atoms with Crippen LogP contribution in [0.2, 0.25) is 25.7 Å². The number of hydrogen-bond donors (Lipinski definition) is 0. The lowest BCUT2D eigenvalue weighted by molar-refractivity contribution is 0.0600. The maximum absolute atomic E-state index is 12.6. The molecule has 0 aromatic carbocycles. The van der Waals surface area contributed by atoms with Crippen LogP contribution < -0.4 is 5.56 Å². The van der Waals surface area contributed by atoms with Gasteiger partial charge in [-0.2, -0.15) is 0 Å². The highest BCUT2D eigenvalue weighted by Gasteiger charge is 2.16. The zero-order valence-corrected chi connectivity index (χ0v) is 17.3. The van der Waals surface area contributed by atoms with E-state index in [1.165, 1.54) is 11.8 Å². The van der Waals surface area contributed by atoms with Crippen LogP contribution in [-0.4, -0.2) is 42.1 Å². The van der Waals surface area contributed by atoms with Crippen molar-refractivity contribution in [1.29, 1.82) is 0 Å². The monoisotopic (exact) mass is 377 g/mol. The predicted molar refractivity (Wildman–Crippen MR) is 103 cm³/mol. The molecule has 2 heterocycles. The Bertz CT molecular complexity index is 849. The van der Waals surface area contributed by atoms with Crippen LogP contribution in [0.3, 0.4) is 0 Å². The highest BCUT2D eigenvalue weighted by Crippen LogP contribution is 2.17. The molecule has 7 nitrogen and oxygen atoms in total. The number of ether oxygens (including phenoxy) is 2. The van der Waals surface area contributed by atoms with E-state index < -0.39 is 14.0 Å². The molecule has 0 fully saturated rings. The van der Waals surface area contributed by atoms with Crippen LogP contribution in [0.15, 0.2) is 23.1 Å². The van der Waals surface area contributed by atoms with Crippen molar-refractivity contribution < 1.29 is 14.3 Å². The second-order valence-electron chi connectivity index (χ2n) is 7.53. The Kier molecular flexibility index (Phi) is 6.20. The molecule has 2 aromatic heterocycles. The van der Waals surface area contributed by atoms with E-state index in [2.05, 4.69) is 24.6 Å². The molecule has 2 aromatic rings. The van der Waals surface area contributed by atoms with E-state index in [0.717, 1.165) is 6.04 Å². The molecule has 0 unspecified atom stereocenters. The SMILES string of the molecule is COC(=O)c1cc(C)nc(-c2cn(COCC[Si](C)(C)C)n(C)c2=O)c1. The minimum absolute atomic E-state index is 0.187. The highest BCUT2D eigenvalue weighted by atomic mass is 28.3. The molecule has 0 spiro atoms. The number of hydrogen-bond acceptors (Lipinski definition) is 5. The van der Waals surface area contributed by atoms with E-state index in [-0.39, 0.29) is 5.56 Å². The number of pyridine rings is 1. The maximum Gasteiger partial charge on any atom is 0.337 e. The van der Waals surface area contributed by atoms with Gasteiger partial charge >= 0.3 is 5.97 Å². The lowest BCUT2D eigenvalue weighted by Crippen LogP contribution is -2.24. The summed E-state index contributed by atoms with van der Waals surface area (Å²) in [5, 5.41) is 0. The van der Waals surface area contributed by atoms with Crippen LogP contribution in [-0.2, 0) is 23.3 Å². The van der Waals surface area contributed by atoms with Gasteiger partial charge in [0.1, 0.15) is 6.73 Å². The largest absolute Gasteiger partial charge is 0.465 e. The van der Waals surface area contributed by atoms with Crippen molar-refractivity contribution in [3.63, 3.8) is 0 Å². The molecule has 0 saturated carbocycles. The van der Waals surface area contributed by atoms with Crippen molar-refractivity contribution in [1.82, 2.24) is 14.3 Å². The van der Waals surface area contributed by atoms with E-state index in [4.69, 9.17) is 9.47 Å². The van der Waals surface area contributed by atoms with Gasteiger partial charge < -0.3 is 9.47 Å². The summed E-state index contributed by atoms with van der Waals surface area (Å²) >= 11 is 0. The molecule has 0 radical (unpaired) electrons. The molecular weight excluding hydrogens is 350 g/mol. The Balaban J connectivity index is 2.25. The molecule has 0 aliphatic rings. The Morgan fingerprint density at radius 1 is 1.27 bits per heavy atom. The van der Waals surface area contributed by atoms with Gasteiger partial charge in [-0.25, -0.2) is 4.79 Å². The number of carbonyl (C=O) groups excluding carboxylic acids is 1. The van der Waals surface area contributed by atoms with Crippen molar-refractivity contribution in [3.8, 4) is 11.3 Å². The number of aromatic nitrogens is 3. The summed E-state index contributed by atoms with van der Waals surface area (Å²) in [6.07, 6.45) is 1.71. The first-order chi connectivity index (χ1) is 12.1. The summed E-state index contributed by atoms with van der Waals surface area (Å²) in [7, 11) is 1.86. The molecule has 0 saturated heterocycles. The standard InChI is InChI=1S/C18H27N3O4Si/c1-13-9-14(18(23)24-3)10-16(19-13)15-11-21(20(2)17(15)22)12-25-7-8-26(4,5)6/h9-11H,7-8,12H2,1-6H3. The zero-order chi connectivity index (χ0) is 19.5. The number of esters is 1. The Labute approximate surface area is 154 Å². The summed E-state index contributed by atoms with van der Waals surface area (Å²) in [6.45, 7) is 9.63. The van der Waals surface area contributed by atoms with Crippen LogP contribution in [0.5, 0.6) is 0 Å². The molecule has 2 rings (SSSR count). The van der Waals surface area contributed by atoms with Gasteiger partial charge in [-0.15, -0.1) is 0 Å². The number of methoxy groups -OCH3 is 1. The second-order valence-corrected chi connectivity index (χ2v) is 13.2. The van der Waals surface area contributed by atoms with E-state index in [1.54, 1.807) is 37.0 Å². The quantitative estimate of drug-likeness (QED) is 0.421. The normalized spacial score (nSPS) is 11.6. The van der Waals surface area contributed by atoms with E-state index in [1.807, 2.05) is 0 Å². The first kappa shape index (κ1) is 20.1. The van der Waals surface area contributed by atoms with Crippen LogP contribution in [0.4, 0.5) is 0 Å². The van der Waals surface area contributed by atoms with Crippen molar-refractivity contribution in [3.05, 3.63) is 39.9 Å². The average Bonchev–Trinajstić information content (AvgIpc) is 2.85. The summed E-state index contributed by atoms with van der Waals surface area (Å²) in [6, 6.07) is 4.28. The summed E-state index contributed by atoms with van der Waals surface area (Å²) < 4.78 is 13.7. The molecule has 0 aliphatic carbocycles. The fraction of sp³-hybridized carbons (Fsp3) is 0.500. The lowest BCUT2D eigenvalue weighted by atomic mass is 10.1. The van der Waals surface area contributed by atoms with E-state index in [0.29, 0.717) is 35.9 Å². The van der Waals surface area contributed by atoms with Crippen molar-refractivity contribution in [2.75, 3.05) is 13.7 Å². The number of rotatable bonds is 7. The summed E-state index contributed by atoms with van der Waals surface area (Å²) in [5.74, 6) is -0.456. The third kappa shape index (κ3) is 4.92. The van der Waals surface area contributed by atoms with E-state index in [9.17, 15) is 9.59 Å². The molecule has 8 heteroatoms. The fourth-order valence-corrected chi connectivity index (χ4v) is 3.22. The van der Waals surface area contributed by atoms with Gasteiger partial charge in [0.05, 0.1) is 23.9 Å². The van der Waals surface area contributed by atoms with Crippen LogP contribution in [0, 0.1) is 6.92 Å². The number of aryl methyl sites for hydroxylation is 1. The highest BCUT2D eigenvalue weighted by molar-refractivity contribution is 6.76. The van der Waals surface area contributed by atoms with Gasteiger partial charge in [0, 0.05) is 33.6 Å². The van der Waals surface area contributed by atoms with Gasteiger partial charge in [0.25, 0.3) is 5.56 Å². The minimum Gasteiger partial charge on any atom is -0.465 e. The predicted octanol–water partition coefficient (Wildman–Crippen LogP) is 2.66. The van der Waals surface area contributed by atoms with Gasteiger partial charge in [-0.3, -0.25) is 19.1 Å². The Hall–Kier alpha value is -2.19. The number of carbonyl (C=O) groups is 1. The lowest BCUT2D eigenvalue weighted by Gasteiger charge is -2.16. The van der Waals surface area contributed by atoms with Crippen LogP contribution in [0.25, 0.3) is 11.3 Å². The molecule has 0 bridgehead atoms. The summed E-state index contributed by atoms with van der Waals surface area (Å²) in [4.78, 5) is 28.8. The van der Waals surface area contributed by atoms with Gasteiger partial charge in [0.2, 0.25) is 0 Å². The van der Waals surface area contributed by atoms with Crippen molar-refractivity contribution >= 4 is 14.0 Å². The molecular formula is C18H27N3O4Si. The molecule has 0 atom stereocenters. The van der Waals surface area contributed by atoms with Crippen molar-refractivity contribution in [2.24, 2.45) is 7.05 Å². The van der Waals surface area contributed by atoms with E-state index >= 15 is 0 Å². The Morgan fingerprint density at radius 3 is 2.58 bits per heavy atom. The molecule has 0 N–H and O–H groups in total. The second kappa shape index (κ2) is 8.01. The van der Waals surface area contributed by atoms with Gasteiger partial charge in [-0.05, 0) is 25.1 Å². The molecule has 142 valence electrons. The maximum atomic E-state index is 12.6. The van der Waals surface area contributed by atoms with Crippen LogP contribution in [0.1, 0.15) is 16.1 Å². The third-order valence-corrected chi connectivity index (χ3v) is 5.76. The molecule has 0 aliphatic heterocycles. The van der Waals surface area contributed by atoms with Gasteiger partial charge in [-0.1, -0.05) is 19.6 Å². The topological polar surface area (TPSA) is 75.3 Å².